The lowest BCUT2D eigenvalue weighted by Gasteiger charge is -2.21. The number of likely N-dealkylation sites (tertiary alicyclic amines) is 1. The van der Waals surface area contributed by atoms with Gasteiger partial charge < -0.3 is 15.4 Å². The van der Waals surface area contributed by atoms with Crippen LogP contribution in [0.2, 0.25) is 0 Å². The number of nitrogens with two attached hydrogens (primary N) is 1. The zero-order valence-electron chi connectivity index (χ0n) is 13.1. The van der Waals surface area contributed by atoms with Crippen LogP contribution in [0.4, 0.5) is 0 Å². The lowest BCUT2D eigenvalue weighted by molar-refractivity contribution is -0.148. The molecule has 0 unspecified atom stereocenters. The average molecular weight is 295 g/mol. The van der Waals surface area contributed by atoms with Gasteiger partial charge in [0.15, 0.2) is 5.96 Å². The Morgan fingerprint density at radius 1 is 1.10 bits per heavy atom. The molecule has 0 bridgehead atoms. The van der Waals surface area contributed by atoms with Crippen molar-refractivity contribution in [2.75, 3.05) is 19.6 Å². The highest BCUT2D eigenvalue weighted by atomic mass is 16.5. The van der Waals surface area contributed by atoms with Crippen LogP contribution >= 0.6 is 0 Å². The Labute approximate surface area is 127 Å². The number of nitrogens with zero attached hydrogens (tertiary/aromatic N) is 2. The SMILES string of the molecule is NC(=NCCCC(=O)OC1CCCC1)N1CCCCCC1. The molecule has 1 aliphatic heterocycles. The van der Waals surface area contributed by atoms with Gasteiger partial charge in [0.05, 0.1) is 0 Å². The molecular weight excluding hydrogens is 266 g/mol. The molecule has 21 heavy (non-hydrogen) atoms. The quantitative estimate of drug-likeness (QED) is 0.366. The second-order valence-electron chi connectivity index (χ2n) is 6.14. The molecule has 1 saturated carbocycles. The van der Waals surface area contributed by atoms with E-state index >= 15 is 0 Å². The molecule has 1 saturated heterocycles. The van der Waals surface area contributed by atoms with Gasteiger partial charge in [-0.25, -0.2) is 0 Å². The number of ether oxygens (including phenoxy) is 1. The van der Waals surface area contributed by atoms with E-state index < -0.39 is 0 Å². The van der Waals surface area contributed by atoms with Crippen LogP contribution in [0.3, 0.4) is 0 Å². The zero-order valence-corrected chi connectivity index (χ0v) is 13.1. The van der Waals surface area contributed by atoms with Gasteiger partial charge in [-0.05, 0) is 44.9 Å². The first-order valence-electron chi connectivity index (χ1n) is 8.50. The van der Waals surface area contributed by atoms with Crippen LogP contribution in [0.1, 0.15) is 64.2 Å². The summed E-state index contributed by atoms with van der Waals surface area (Å²) >= 11 is 0. The van der Waals surface area contributed by atoms with E-state index in [4.69, 9.17) is 10.5 Å². The molecule has 2 aliphatic rings. The lowest BCUT2D eigenvalue weighted by atomic mass is 10.2. The fraction of sp³-hybridized carbons (Fsp3) is 0.875. The number of carbonyl (C=O) groups is 1. The maximum Gasteiger partial charge on any atom is 0.306 e. The highest BCUT2D eigenvalue weighted by Crippen LogP contribution is 2.21. The van der Waals surface area contributed by atoms with Gasteiger partial charge in [-0.15, -0.1) is 0 Å². The molecule has 2 fully saturated rings. The molecule has 0 radical (unpaired) electrons. The Kier molecular flexibility index (Phi) is 6.83. The largest absolute Gasteiger partial charge is 0.462 e. The van der Waals surface area contributed by atoms with Crippen molar-refractivity contribution in [1.29, 1.82) is 0 Å². The van der Waals surface area contributed by atoms with E-state index in [9.17, 15) is 4.79 Å². The van der Waals surface area contributed by atoms with Gasteiger partial charge in [-0.1, -0.05) is 12.8 Å². The smallest absolute Gasteiger partial charge is 0.306 e. The van der Waals surface area contributed by atoms with Crippen molar-refractivity contribution in [1.82, 2.24) is 4.90 Å². The Morgan fingerprint density at radius 3 is 2.43 bits per heavy atom. The van der Waals surface area contributed by atoms with E-state index in [2.05, 4.69) is 9.89 Å². The van der Waals surface area contributed by atoms with Crippen LogP contribution in [0, 0.1) is 0 Å². The summed E-state index contributed by atoms with van der Waals surface area (Å²) < 4.78 is 5.42. The molecule has 1 aliphatic carbocycles. The fourth-order valence-corrected chi connectivity index (χ4v) is 3.07. The van der Waals surface area contributed by atoms with Gasteiger partial charge >= 0.3 is 5.97 Å². The number of hydrogen-bond acceptors (Lipinski definition) is 3. The zero-order chi connectivity index (χ0) is 14.9. The van der Waals surface area contributed by atoms with Crippen molar-refractivity contribution in [2.45, 2.75) is 70.3 Å². The summed E-state index contributed by atoms with van der Waals surface area (Å²) in [5.41, 5.74) is 6.03. The molecule has 2 rings (SSSR count). The number of rotatable bonds is 5. The lowest BCUT2D eigenvalue weighted by Crippen LogP contribution is -2.38. The molecule has 2 N–H and O–H groups in total. The summed E-state index contributed by atoms with van der Waals surface area (Å²) in [6, 6.07) is 0. The maximum atomic E-state index is 11.7. The number of guanidine groups is 1. The molecule has 0 aromatic carbocycles. The highest BCUT2D eigenvalue weighted by molar-refractivity contribution is 5.78. The van der Waals surface area contributed by atoms with Crippen molar-refractivity contribution >= 4 is 11.9 Å². The Bertz CT molecular complexity index is 343. The Hall–Kier alpha value is -1.26. The first-order chi connectivity index (χ1) is 10.3. The number of aliphatic imine (C=N–C) groups is 1. The van der Waals surface area contributed by atoms with Crippen molar-refractivity contribution in [2.24, 2.45) is 10.7 Å². The second kappa shape index (κ2) is 8.90. The van der Waals surface area contributed by atoms with E-state index in [-0.39, 0.29) is 12.1 Å². The van der Waals surface area contributed by atoms with Gasteiger partial charge in [-0.2, -0.15) is 0 Å². The summed E-state index contributed by atoms with van der Waals surface area (Å²) in [6.07, 6.45) is 10.8. The second-order valence-corrected chi connectivity index (χ2v) is 6.14. The molecule has 5 nitrogen and oxygen atoms in total. The first kappa shape index (κ1) is 16.1. The minimum absolute atomic E-state index is 0.0783. The molecule has 0 aromatic heterocycles. The molecule has 0 amide bonds. The summed E-state index contributed by atoms with van der Waals surface area (Å²) in [7, 11) is 0. The molecule has 0 atom stereocenters. The van der Waals surface area contributed by atoms with Crippen molar-refractivity contribution in [3.8, 4) is 0 Å². The topological polar surface area (TPSA) is 67.9 Å². The number of esters is 1. The number of carbonyl (C=O) groups excluding carboxylic acids is 1. The molecule has 0 aromatic rings. The van der Waals surface area contributed by atoms with Crippen LogP contribution in [0.25, 0.3) is 0 Å². The summed E-state index contributed by atoms with van der Waals surface area (Å²) in [6.45, 7) is 2.64. The third-order valence-corrected chi connectivity index (χ3v) is 4.34. The van der Waals surface area contributed by atoms with E-state index in [0.717, 1.165) is 32.4 Å². The first-order valence-corrected chi connectivity index (χ1v) is 8.50. The van der Waals surface area contributed by atoms with Gasteiger partial charge in [0.25, 0.3) is 0 Å². The maximum absolute atomic E-state index is 11.7. The van der Waals surface area contributed by atoms with Crippen molar-refractivity contribution in [3.05, 3.63) is 0 Å². The summed E-state index contributed by atoms with van der Waals surface area (Å²) in [4.78, 5) is 18.3. The van der Waals surface area contributed by atoms with E-state index in [0.29, 0.717) is 18.9 Å². The van der Waals surface area contributed by atoms with Crippen LogP contribution in [-0.4, -0.2) is 42.6 Å². The van der Waals surface area contributed by atoms with E-state index in [1.807, 2.05) is 0 Å². The van der Waals surface area contributed by atoms with Crippen LogP contribution in [-0.2, 0) is 9.53 Å². The molecule has 1 heterocycles. The third kappa shape index (κ3) is 5.94. The Morgan fingerprint density at radius 2 is 1.76 bits per heavy atom. The third-order valence-electron chi connectivity index (χ3n) is 4.34. The van der Waals surface area contributed by atoms with Gasteiger partial charge in [0.1, 0.15) is 6.10 Å². The van der Waals surface area contributed by atoms with E-state index in [1.165, 1.54) is 38.5 Å². The monoisotopic (exact) mass is 295 g/mol. The van der Waals surface area contributed by atoms with Gasteiger partial charge in [0, 0.05) is 26.1 Å². The fourth-order valence-electron chi connectivity index (χ4n) is 3.07. The average Bonchev–Trinajstić information content (AvgIpc) is 2.83. The minimum atomic E-state index is -0.0783. The number of hydrogen-bond donors (Lipinski definition) is 1. The van der Waals surface area contributed by atoms with Gasteiger partial charge in [0.2, 0.25) is 0 Å². The van der Waals surface area contributed by atoms with Crippen molar-refractivity contribution < 1.29 is 9.53 Å². The van der Waals surface area contributed by atoms with Gasteiger partial charge in [-0.3, -0.25) is 9.79 Å². The summed E-state index contributed by atoms with van der Waals surface area (Å²) in [5.74, 6) is 0.562. The molecule has 120 valence electrons. The Balaban J connectivity index is 1.60. The van der Waals surface area contributed by atoms with Crippen LogP contribution in [0.15, 0.2) is 4.99 Å². The standard InChI is InChI=1S/C16H29N3O2/c17-16(19-12-5-1-2-6-13-19)18-11-7-10-15(20)21-14-8-3-4-9-14/h14H,1-13H2,(H2,17,18). The van der Waals surface area contributed by atoms with Crippen LogP contribution in [0.5, 0.6) is 0 Å². The molecule has 0 spiro atoms. The predicted molar refractivity (Wildman–Crippen MR) is 84.1 cm³/mol. The highest BCUT2D eigenvalue weighted by Gasteiger charge is 2.18. The molecular formula is C16H29N3O2. The molecule has 5 heteroatoms. The van der Waals surface area contributed by atoms with Crippen LogP contribution < -0.4 is 5.73 Å². The predicted octanol–water partition coefficient (Wildman–Crippen LogP) is 2.44. The van der Waals surface area contributed by atoms with Crippen molar-refractivity contribution in [3.63, 3.8) is 0 Å². The van der Waals surface area contributed by atoms with E-state index in [1.54, 1.807) is 0 Å². The minimum Gasteiger partial charge on any atom is -0.462 e. The normalized spacial score (nSPS) is 21.3. The summed E-state index contributed by atoms with van der Waals surface area (Å²) in [5, 5.41) is 0.